The van der Waals surface area contributed by atoms with Crippen LogP contribution < -0.4 is 15.5 Å². The molecule has 0 fully saturated rings. The van der Waals surface area contributed by atoms with E-state index < -0.39 is 0 Å². The lowest BCUT2D eigenvalue weighted by Gasteiger charge is -2.29. The van der Waals surface area contributed by atoms with Gasteiger partial charge in [-0.1, -0.05) is 18.2 Å². The van der Waals surface area contributed by atoms with Crippen LogP contribution in [0.4, 0.5) is 16.2 Å². The van der Waals surface area contributed by atoms with Crippen molar-refractivity contribution >= 4 is 29.2 Å². The molecule has 2 N–H and O–H groups in total. The molecule has 1 aliphatic rings. The number of carbonyl (C=O) groups is 3. The van der Waals surface area contributed by atoms with Crippen LogP contribution in [-0.2, 0) is 6.42 Å². The number of amides is 3. The van der Waals surface area contributed by atoms with Gasteiger partial charge < -0.3 is 10.6 Å². The summed E-state index contributed by atoms with van der Waals surface area (Å²) in [6, 6.07) is 12.6. The lowest BCUT2D eigenvalue weighted by molar-refractivity contribution is 0.0920. The van der Waals surface area contributed by atoms with E-state index in [2.05, 4.69) is 15.7 Å². The van der Waals surface area contributed by atoms with Gasteiger partial charge in [0.1, 0.15) is 0 Å². The highest BCUT2D eigenvalue weighted by molar-refractivity contribution is 6.05. The van der Waals surface area contributed by atoms with Crippen LogP contribution >= 0.6 is 0 Å². The van der Waals surface area contributed by atoms with Gasteiger partial charge in [-0.15, -0.1) is 0 Å². The molecule has 2 heterocycles. The van der Waals surface area contributed by atoms with E-state index in [4.69, 9.17) is 0 Å². The van der Waals surface area contributed by atoms with E-state index in [0.717, 1.165) is 35.2 Å². The van der Waals surface area contributed by atoms with Gasteiger partial charge in [-0.2, -0.15) is 5.10 Å². The molecule has 0 unspecified atom stereocenters. The quantitative estimate of drug-likeness (QED) is 0.681. The van der Waals surface area contributed by atoms with Crippen molar-refractivity contribution in [2.24, 2.45) is 0 Å². The minimum Gasteiger partial charge on any atom is -0.341 e. The molecule has 158 valence electrons. The summed E-state index contributed by atoms with van der Waals surface area (Å²) in [5.41, 5.74) is 4.70. The number of anilines is 2. The Balaban J connectivity index is 1.50. The highest BCUT2D eigenvalue weighted by Gasteiger charge is 2.22. The first kappa shape index (κ1) is 20.3. The number of carbonyl (C=O) groups excluding carboxylic acids is 3. The van der Waals surface area contributed by atoms with Crippen LogP contribution in [-0.4, -0.2) is 41.2 Å². The van der Waals surface area contributed by atoms with Crippen molar-refractivity contribution in [1.29, 1.82) is 0 Å². The summed E-state index contributed by atoms with van der Waals surface area (Å²) in [6.45, 7) is 2.09. The second-order valence-electron chi connectivity index (χ2n) is 7.38. The summed E-state index contributed by atoms with van der Waals surface area (Å²) in [6.07, 6.45) is 5.08. The minimum absolute atomic E-state index is 0.159. The maximum Gasteiger partial charge on any atom is 0.321 e. The molecule has 0 saturated heterocycles. The molecule has 1 aromatic heterocycles. The monoisotopic (exact) mass is 417 g/mol. The summed E-state index contributed by atoms with van der Waals surface area (Å²) >= 11 is 0. The Morgan fingerprint density at radius 2 is 1.81 bits per heavy atom. The zero-order chi connectivity index (χ0) is 22.0. The number of aromatic nitrogens is 2. The zero-order valence-electron chi connectivity index (χ0n) is 17.4. The Hall–Kier alpha value is -3.94. The highest BCUT2D eigenvalue weighted by atomic mass is 16.2. The van der Waals surface area contributed by atoms with Crippen molar-refractivity contribution in [3.05, 3.63) is 66.0 Å². The minimum atomic E-state index is -0.242. The summed E-state index contributed by atoms with van der Waals surface area (Å²) < 4.78 is 1.27. The van der Waals surface area contributed by atoms with Crippen molar-refractivity contribution in [2.45, 2.75) is 19.8 Å². The van der Waals surface area contributed by atoms with Gasteiger partial charge in [0.15, 0.2) is 0 Å². The Kier molecular flexibility index (Phi) is 5.53. The third kappa shape index (κ3) is 4.18. The maximum atomic E-state index is 12.7. The van der Waals surface area contributed by atoms with Crippen LogP contribution in [0.2, 0.25) is 0 Å². The van der Waals surface area contributed by atoms with Crippen LogP contribution in [0, 0.1) is 0 Å². The average Bonchev–Trinajstić information content (AvgIpc) is 3.29. The van der Waals surface area contributed by atoms with Crippen molar-refractivity contribution in [3.8, 4) is 11.1 Å². The molecule has 0 saturated carbocycles. The molecular weight excluding hydrogens is 394 g/mol. The molecule has 3 amide bonds. The number of rotatable bonds is 3. The third-order valence-corrected chi connectivity index (χ3v) is 5.31. The average molecular weight is 417 g/mol. The van der Waals surface area contributed by atoms with Crippen LogP contribution in [0.15, 0.2) is 54.9 Å². The van der Waals surface area contributed by atoms with E-state index >= 15 is 0 Å². The standard InChI is InChI=1S/C23H23N5O3/c1-15(29)28-14-19(13-25-28)16-5-7-18(8-6-16)22(30)26-20-10-9-17-4-3-11-27(21(17)12-20)23(31)24-2/h5-10,12-14H,3-4,11H2,1-2H3,(H,24,31)(H,26,30). The first-order valence-electron chi connectivity index (χ1n) is 10.1. The van der Waals surface area contributed by atoms with Crippen LogP contribution in [0.25, 0.3) is 11.1 Å². The number of nitrogens with zero attached hydrogens (tertiary/aromatic N) is 3. The molecule has 0 atom stereocenters. The lowest BCUT2D eigenvalue weighted by atomic mass is 10.0. The second kappa shape index (κ2) is 8.43. The van der Waals surface area contributed by atoms with E-state index in [9.17, 15) is 14.4 Å². The van der Waals surface area contributed by atoms with Crippen molar-refractivity contribution < 1.29 is 14.4 Å². The summed E-state index contributed by atoms with van der Waals surface area (Å²) in [7, 11) is 1.61. The Morgan fingerprint density at radius 1 is 1.03 bits per heavy atom. The summed E-state index contributed by atoms with van der Waals surface area (Å²) in [5.74, 6) is -0.407. The Morgan fingerprint density at radius 3 is 2.48 bits per heavy atom. The first-order chi connectivity index (χ1) is 15.0. The van der Waals surface area contributed by atoms with Crippen LogP contribution in [0.5, 0.6) is 0 Å². The smallest absolute Gasteiger partial charge is 0.321 e. The topological polar surface area (TPSA) is 96.3 Å². The predicted molar refractivity (Wildman–Crippen MR) is 118 cm³/mol. The van der Waals surface area contributed by atoms with E-state index in [0.29, 0.717) is 17.8 Å². The molecule has 0 radical (unpaired) electrons. The maximum absolute atomic E-state index is 12.7. The predicted octanol–water partition coefficient (Wildman–Crippen LogP) is 3.55. The molecule has 0 aliphatic carbocycles. The van der Waals surface area contributed by atoms with Gasteiger partial charge in [0.25, 0.3) is 5.91 Å². The van der Waals surface area contributed by atoms with E-state index in [1.807, 2.05) is 30.3 Å². The van der Waals surface area contributed by atoms with Gasteiger partial charge in [-0.25, -0.2) is 9.48 Å². The first-order valence-corrected chi connectivity index (χ1v) is 10.1. The molecule has 1 aliphatic heterocycles. The number of hydrogen-bond donors (Lipinski definition) is 2. The van der Waals surface area contributed by atoms with Crippen molar-refractivity contribution in [2.75, 3.05) is 23.8 Å². The van der Waals surface area contributed by atoms with E-state index in [1.165, 1.54) is 11.6 Å². The van der Waals surface area contributed by atoms with Crippen molar-refractivity contribution in [1.82, 2.24) is 15.1 Å². The van der Waals surface area contributed by atoms with Crippen LogP contribution in [0.1, 0.15) is 34.1 Å². The lowest BCUT2D eigenvalue weighted by Crippen LogP contribution is -2.41. The van der Waals surface area contributed by atoms with Gasteiger partial charge in [-0.3, -0.25) is 14.5 Å². The fraction of sp³-hybridized carbons (Fsp3) is 0.217. The largest absolute Gasteiger partial charge is 0.341 e. The van der Waals surface area contributed by atoms with Crippen LogP contribution in [0.3, 0.4) is 0 Å². The fourth-order valence-electron chi connectivity index (χ4n) is 3.66. The van der Waals surface area contributed by atoms with Gasteiger partial charge in [0, 0.05) is 43.5 Å². The molecule has 4 rings (SSSR count). The number of nitrogens with one attached hydrogen (secondary N) is 2. The van der Waals surface area contributed by atoms with Crippen molar-refractivity contribution in [3.63, 3.8) is 0 Å². The molecule has 0 bridgehead atoms. The molecular formula is C23H23N5O3. The second-order valence-corrected chi connectivity index (χ2v) is 7.38. The van der Waals surface area contributed by atoms with Gasteiger partial charge in [0.05, 0.1) is 11.9 Å². The molecule has 0 spiro atoms. The molecule has 8 nitrogen and oxygen atoms in total. The summed E-state index contributed by atoms with van der Waals surface area (Å²) in [5, 5.41) is 9.59. The fourth-order valence-corrected chi connectivity index (χ4v) is 3.66. The number of benzene rings is 2. The van der Waals surface area contributed by atoms with Gasteiger partial charge in [-0.05, 0) is 48.2 Å². The number of fused-ring (bicyclic) bond motifs is 1. The van der Waals surface area contributed by atoms with Gasteiger partial charge in [0.2, 0.25) is 5.91 Å². The molecule has 31 heavy (non-hydrogen) atoms. The van der Waals surface area contributed by atoms with Gasteiger partial charge >= 0.3 is 6.03 Å². The molecule has 8 heteroatoms. The normalized spacial score (nSPS) is 12.8. The third-order valence-electron chi connectivity index (χ3n) is 5.31. The zero-order valence-corrected chi connectivity index (χ0v) is 17.4. The summed E-state index contributed by atoms with van der Waals surface area (Å²) in [4.78, 5) is 38.0. The Labute approximate surface area is 179 Å². The number of aryl methyl sites for hydroxylation is 1. The SMILES string of the molecule is CNC(=O)N1CCCc2ccc(NC(=O)c3ccc(-c4cnn(C(C)=O)c4)cc3)cc21. The van der Waals surface area contributed by atoms with E-state index in [-0.39, 0.29) is 17.8 Å². The molecule has 3 aromatic rings. The molecule has 2 aromatic carbocycles. The number of hydrogen-bond acceptors (Lipinski definition) is 4. The highest BCUT2D eigenvalue weighted by Crippen LogP contribution is 2.30. The Bertz CT molecular complexity index is 1150. The number of urea groups is 1. The van der Waals surface area contributed by atoms with E-state index in [1.54, 1.807) is 36.5 Å².